The zero-order valence-corrected chi connectivity index (χ0v) is 20.7. The van der Waals surface area contributed by atoms with Gasteiger partial charge in [0.05, 0.1) is 11.7 Å². The van der Waals surface area contributed by atoms with Crippen LogP contribution in [0.1, 0.15) is 36.7 Å². The van der Waals surface area contributed by atoms with E-state index < -0.39 is 36.0 Å². The number of carboxylic acids is 1. The van der Waals surface area contributed by atoms with E-state index in [0.717, 1.165) is 5.56 Å². The molecule has 0 aliphatic rings. The highest BCUT2D eigenvalue weighted by molar-refractivity contribution is 6.31. The van der Waals surface area contributed by atoms with Gasteiger partial charge < -0.3 is 31.3 Å². The number of aliphatic carboxylic acids is 1. The minimum atomic E-state index is -1.54. The second-order valence-electron chi connectivity index (χ2n) is 8.64. The molecule has 10 heteroatoms. The first-order valence-corrected chi connectivity index (χ1v) is 11.6. The van der Waals surface area contributed by atoms with Crippen LogP contribution < -0.4 is 21.1 Å². The maximum absolute atomic E-state index is 13.2. The lowest BCUT2D eigenvalue weighted by atomic mass is 10.0. The Kier molecular flexibility index (Phi) is 10.5. The number of nitrogens with one attached hydrogen (secondary N) is 2. The number of nitrogens with two attached hydrogens (primary N) is 1. The Bertz CT molecular complexity index is 1020. The molecule has 35 heavy (non-hydrogen) atoms. The van der Waals surface area contributed by atoms with Gasteiger partial charge in [-0.15, -0.1) is 0 Å². The number of carbonyl (C=O) groups is 3. The first-order chi connectivity index (χ1) is 16.5. The average Bonchev–Trinajstić information content (AvgIpc) is 2.80. The molecule has 9 nitrogen and oxygen atoms in total. The minimum absolute atomic E-state index is 0.0829. The van der Waals surface area contributed by atoms with E-state index in [0.29, 0.717) is 5.02 Å². The lowest BCUT2D eigenvalue weighted by molar-refractivity contribution is -0.145. The van der Waals surface area contributed by atoms with Gasteiger partial charge in [-0.2, -0.15) is 0 Å². The molecular weight excluding hydrogens is 474 g/mol. The van der Waals surface area contributed by atoms with Gasteiger partial charge >= 0.3 is 5.97 Å². The summed E-state index contributed by atoms with van der Waals surface area (Å²) in [5.41, 5.74) is 6.89. The van der Waals surface area contributed by atoms with Crippen LogP contribution in [-0.2, 0) is 16.0 Å². The minimum Gasteiger partial charge on any atom is -0.491 e. The Morgan fingerprint density at radius 1 is 1.06 bits per heavy atom. The number of benzene rings is 2. The van der Waals surface area contributed by atoms with Gasteiger partial charge in [-0.05, 0) is 36.6 Å². The number of carbonyl (C=O) groups excluding carboxylic acids is 2. The van der Waals surface area contributed by atoms with Crippen LogP contribution >= 0.6 is 11.6 Å². The summed E-state index contributed by atoms with van der Waals surface area (Å²) in [4.78, 5) is 37.7. The number of halogens is 1. The van der Waals surface area contributed by atoms with Crippen molar-refractivity contribution in [2.24, 2.45) is 11.7 Å². The standard InChI is InChI=1S/C25H32ClN3O6/c1-14(2)19(27)13-35-21-10-9-17(26)12-18(21)23(31)28-20(11-16-7-5-4-6-8-16)24(32)29-22(15(3)30)25(33)34/h4-10,12,14-15,19-20,22,30H,11,13,27H2,1-3H3,(H,28,31)(H,29,32)(H,33,34)/t15-,19-,20+,22+/m1/s1. The van der Waals surface area contributed by atoms with Gasteiger partial charge in [-0.3, -0.25) is 9.59 Å². The van der Waals surface area contributed by atoms with Crippen LogP contribution in [0.2, 0.25) is 5.02 Å². The Balaban J connectivity index is 2.30. The molecule has 0 radical (unpaired) electrons. The summed E-state index contributed by atoms with van der Waals surface area (Å²) in [5, 5.41) is 24.3. The van der Waals surface area contributed by atoms with Gasteiger partial charge in [0, 0.05) is 17.5 Å². The van der Waals surface area contributed by atoms with Crippen molar-refractivity contribution in [3.05, 3.63) is 64.7 Å². The third-order valence-corrected chi connectivity index (χ3v) is 5.66. The largest absolute Gasteiger partial charge is 0.491 e. The van der Waals surface area contributed by atoms with Crippen LogP contribution in [-0.4, -0.2) is 58.8 Å². The van der Waals surface area contributed by atoms with Crippen molar-refractivity contribution >= 4 is 29.4 Å². The van der Waals surface area contributed by atoms with E-state index in [1.54, 1.807) is 36.4 Å². The van der Waals surface area contributed by atoms with Crippen LogP contribution in [0, 0.1) is 5.92 Å². The van der Waals surface area contributed by atoms with E-state index in [4.69, 9.17) is 22.1 Å². The van der Waals surface area contributed by atoms with Gasteiger partial charge in [0.15, 0.2) is 6.04 Å². The molecule has 2 aromatic carbocycles. The number of hydrogen-bond donors (Lipinski definition) is 5. The van der Waals surface area contributed by atoms with Crippen molar-refractivity contribution in [2.45, 2.75) is 51.4 Å². The van der Waals surface area contributed by atoms with Crippen molar-refractivity contribution in [1.29, 1.82) is 0 Å². The van der Waals surface area contributed by atoms with E-state index in [-0.39, 0.29) is 36.3 Å². The Morgan fingerprint density at radius 2 is 1.71 bits per heavy atom. The molecule has 2 amide bonds. The second kappa shape index (κ2) is 13.1. The summed E-state index contributed by atoms with van der Waals surface area (Å²) >= 11 is 6.11. The molecule has 2 aromatic rings. The summed E-state index contributed by atoms with van der Waals surface area (Å²) in [7, 11) is 0. The highest BCUT2D eigenvalue weighted by Crippen LogP contribution is 2.24. The van der Waals surface area contributed by atoms with Crippen LogP contribution in [0.25, 0.3) is 0 Å². The average molecular weight is 506 g/mol. The monoisotopic (exact) mass is 505 g/mol. The first-order valence-electron chi connectivity index (χ1n) is 11.2. The van der Waals surface area contributed by atoms with Gasteiger partial charge in [0.2, 0.25) is 5.91 Å². The quantitative estimate of drug-likeness (QED) is 0.296. The molecule has 0 spiro atoms. The molecule has 4 atom stereocenters. The molecule has 6 N–H and O–H groups in total. The van der Waals surface area contributed by atoms with Crippen molar-refractivity contribution < 1.29 is 29.3 Å². The third kappa shape index (κ3) is 8.54. The summed E-state index contributed by atoms with van der Waals surface area (Å²) in [6, 6.07) is 10.5. The van der Waals surface area contributed by atoms with E-state index >= 15 is 0 Å². The van der Waals surface area contributed by atoms with Crippen molar-refractivity contribution in [3.63, 3.8) is 0 Å². The zero-order chi connectivity index (χ0) is 26.1. The molecule has 0 saturated heterocycles. The molecule has 0 aliphatic carbocycles. The van der Waals surface area contributed by atoms with E-state index in [9.17, 15) is 24.6 Å². The molecule has 0 aliphatic heterocycles. The number of aliphatic hydroxyl groups excluding tert-OH is 1. The predicted octanol–water partition coefficient (Wildman–Crippen LogP) is 1.99. The Labute approximate surface area is 209 Å². The number of rotatable bonds is 12. The maximum atomic E-state index is 13.2. The van der Waals surface area contributed by atoms with Gasteiger partial charge in [-0.25, -0.2) is 4.79 Å². The van der Waals surface area contributed by atoms with Gasteiger partial charge in [0.1, 0.15) is 18.4 Å². The van der Waals surface area contributed by atoms with Crippen LogP contribution in [0.15, 0.2) is 48.5 Å². The molecule has 0 aromatic heterocycles. The Morgan fingerprint density at radius 3 is 2.29 bits per heavy atom. The fraction of sp³-hybridized carbons (Fsp3) is 0.400. The molecular formula is C25H32ClN3O6. The topological polar surface area (TPSA) is 151 Å². The molecule has 0 heterocycles. The summed E-state index contributed by atoms with van der Waals surface area (Å²) in [5.74, 6) is -2.39. The normalized spacial score (nSPS) is 14.5. The molecule has 190 valence electrons. The Hall–Kier alpha value is -3.14. The summed E-state index contributed by atoms with van der Waals surface area (Å²) in [6.07, 6.45) is -1.26. The highest BCUT2D eigenvalue weighted by Gasteiger charge is 2.30. The van der Waals surface area contributed by atoms with Crippen LogP contribution in [0.3, 0.4) is 0 Å². The van der Waals surface area contributed by atoms with Crippen molar-refractivity contribution in [1.82, 2.24) is 10.6 Å². The highest BCUT2D eigenvalue weighted by atomic mass is 35.5. The van der Waals surface area contributed by atoms with Crippen LogP contribution in [0.4, 0.5) is 0 Å². The lowest BCUT2D eigenvalue weighted by Gasteiger charge is -2.23. The number of ether oxygens (including phenoxy) is 1. The lowest BCUT2D eigenvalue weighted by Crippen LogP contribution is -2.55. The number of aliphatic hydroxyl groups is 1. The fourth-order valence-corrected chi connectivity index (χ4v) is 3.29. The first kappa shape index (κ1) is 28.1. The molecule has 0 bridgehead atoms. The van der Waals surface area contributed by atoms with Gasteiger partial charge in [-0.1, -0.05) is 55.8 Å². The smallest absolute Gasteiger partial charge is 0.328 e. The van der Waals surface area contributed by atoms with E-state index in [1.807, 2.05) is 19.9 Å². The molecule has 0 saturated carbocycles. The second-order valence-corrected chi connectivity index (χ2v) is 9.08. The molecule has 0 fully saturated rings. The predicted molar refractivity (Wildman–Crippen MR) is 132 cm³/mol. The number of carboxylic acid groups (broad SMARTS) is 1. The van der Waals surface area contributed by atoms with Gasteiger partial charge in [0.25, 0.3) is 5.91 Å². The maximum Gasteiger partial charge on any atom is 0.328 e. The number of amides is 2. The SMILES string of the molecule is CC(C)[C@H](N)COc1ccc(Cl)cc1C(=O)N[C@@H](Cc1ccccc1)C(=O)N[C@H](C(=O)O)[C@@H](C)O. The summed E-state index contributed by atoms with van der Waals surface area (Å²) < 4.78 is 5.77. The van der Waals surface area contributed by atoms with E-state index in [1.165, 1.54) is 13.0 Å². The molecule has 2 rings (SSSR count). The van der Waals surface area contributed by atoms with E-state index in [2.05, 4.69) is 10.6 Å². The number of hydrogen-bond acceptors (Lipinski definition) is 6. The zero-order valence-electron chi connectivity index (χ0n) is 19.9. The third-order valence-electron chi connectivity index (χ3n) is 5.42. The fourth-order valence-electron chi connectivity index (χ4n) is 3.12. The van der Waals surface area contributed by atoms with Crippen LogP contribution in [0.5, 0.6) is 5.75 Å². The van der Waals surface area contributed by atoms with Crippen molar-refractivity contribution in [3.8, 4) is 5.75 Å². The molecule has 0 unspecified atom stereocenters. The van der Waals surface area contributed by atoms with Crippen molar-refractivity contribution in [2.75, 3.05) is 6.61 Å². The summed E-state index contributed by atoms with van der Waals surface area (Å²) in [6.45, 7) is 5.32.